The van der Waals surface area contributed by atoms with E-state index in [2.05, 4.69) is 27.4 Å². The van der Waals surface area contributed by atoms with Crippen molar-refractivity contribution < 1.29 is 17.9 Å². The number of hydrogen-bond acceptors (Lipinski definition) is 8. The minimum absolute atomic E-state index is 0.182. The summed E-state index contributed by atoms with van der Waals surface area (Å²) in [5.74, 6) is 1.61. The lowest BCUT2D eigenvalue weighted by molar-refractivity contribution is 0.0982. The molecule has 1 unspecified atom stereocenters. The molecule has 5 rings (SSSR count). The zero-order chi connectivity index (χ0) is 26.9. The maximum Gasteiger partial charge on any atom is 0.319 e. The molecule has 2 fully saturated rings. The molecule has 3 aliphatic heterocycles. The summed E-state index contributed by atoms with van der Waals surface area (Å²) in [7, 11) is -3.19. The molecule has 4 heterocycles. The summed E-state index contributed by atoms with van der Waals surface area (Å²) in [6, 6.07) is 7.71. The van der Waals surface area contributed by atoms with Gasteiger partial charge in [-0.1, -0.05) is 0 Å². The van der Waals surface area contributed by atoms with Gasteiger partial charge in [-0.3, -0.25) is 4.90 Å². The molecule has 3 aliphatic rings. The average molecular weight is 544 g/mol. The summed E-state index contributed by atoms with van der Waals surface area (Å²) in [6.45, 7) is 9.28. The van der Waals surface area contributed by atoms with Gasteiger partial charge < -0.3 is 20.3 Å². The van der Waals surface area contributed by atoms with Crippen LogP contribution in [-0.2, 0) is 27.7 Å². The molecule has 12 heteroatoms. The van der Waals surface area contributed by atoms with Gasteiger partial charge in [0.2, 0.25) is 10.0 Å². The van der Waals surface area contributed by atoms with E-state index < -0.39 is 10.0 Å². The average Bonchev–Trinajstić information content (AvgIpc) is 3.40. The summed E-state index contributed by atoms with van der Waals surface area (Å²) in [5.41, 5.74) is 3.74. The number of aromatic nitrogens is 2. The van der Waals surface area contributed by atoms with Crippen LogP contribution < -0.4 is 15.5 Å². The number of morpholine rings is 1. The largest absolute Gasteiger partial charge is 0.377 e. The van der Waals surface area contributed by atoms with Crippen molar-refractivity contribution >= 4 is 27.6 Å². The van der Waals surface area contributed by atoms with Crippen LogP contribution in [0.4, 0.5) is 16.3 Å². The van der Waals surface area contributed by atoms with Crippen molar-refractivity contribution in [2.45, 2.75) is 45.3 Å². The van der Waals surface area contributed by atoms with Crippen LogP contribution in [0.1, 0.15) is 31.5 Å². The van der Waals surface area contributed by atoms with Crippen molar-refractivity contribution in [2.75, 3.05) is 62.4 Å². The normalized spacial score (nSPS) is 22.8. The van der Waals surface area contributed by atoms with Gasteiger partial charge in [-0.2, -0.15) is 0 Å². The number of hydrogen-bond donors (Lipinski definition) is 2. The Morgan fingerprint density at radius 3 is 2.63 bits per heavy atom. The fourth-order valence-corrected chi connectivity index (χ4v) is 6.38. The zero-order valence-corrected chi connectivity index (χ0v) is 23.1. The van der Waals surface area contributed by atoms with Gasteiger partial charge in [0, 0.05) is 62.1 Å². The number of carbonyl (C=O) groups excluding carboxylic acids is 1. The Kier molecular flexibility index (Phi) is 7.85. The number of urea groups is 1. The molecule has 1 aromatic carbocycles. The second kappa shape index (κ2) is 11.1. The van der Waals surface area contributed by atoms with E-state index in [0.717, 1.165) is 43.0 Å². The first-order chi connectivity index (χ1) is 18.2. The summed E-state index contributed by atoms with van der Waals surface area (Å²) in [6.07, 6.45) is 2.93. The molecule has 0 saturated carbocycles. The van der Waals surface area contributed by atoms with Crippen LogP contribution in [0.3, 0.4) is 0 Å². The Morgan fingerprint density at radius 1 is 1.16 bits per heavy atom. The van der Waals surface area contributed by atoms with Gasteiger partial charge in [-0.05, 0) is 51.0 Å². The summed E-state index contributed by atoms with van der Waals surface area (Å²) >= 11 is 0. The van der Waals surface area contributed by atoms with Gasteiger partial charge in [-0.25, -0.2) is 27.5 Å². The lowest BCUT2D eigenvalue weighted by Crippen LogP contribution is -2.46. The zero-order valence-electron chi connectivity index (χ0n) is 22.3. The number of anilines is 2. The molecular formula is C26H37N7O4S. The molecule has 0 radical (unpaired) electrons. The third-order valence-corrected chi connectivity index (χ3v) is 8.83. The van der Waals surface area contributed by atoms with Crippen molar-refractivity contribution in [1.82, 2.24) is 24.5 Å². The van der Waals surface area contributed by atoms with E-state index in [9.17, 15) is 13.2 Å². The van der Waals surface area contributed by atoms with Crippen molar-refractivity contribution in [3.63, 3.8) is 0 Å². The maximum absolute atomic E-state index is 12.1. The van der Waals surface area contributed by atoms with Crippen molar-refractivity contribution in [2.24, 2.45) is 0 Å². The molecule has 2 N–H and O–H groups in total. The minimum Gasteiger partial charge on any atom is -0.377 e. The number of amides is 2. The van der Waals surface area contributed by atoms with Crippen LogP contribution >= 0.6 is 0 Å². The number of fused-ring (bicyclic) bond motifs is 1. The molecule has 2 amide bonds. The number of ether oxygens (including phenoxy) is 1. The number of rotatable bonds is 6. The minimum atomic E-state index is -3.19. The van der Waals surface area contributed by atoms with E-state index in [0.29, 0.717) is 50.9 Å². The number of carbonyl (C=O) groups is 1. The second-order valence-corrected chi connectivity index (χ2v) is 12.2. The molecule has 2 saturated heterocycles. The van der Waals surface area contributed by atoms with Crippen LogP contribution in [0.25, 0.3) is 11.4 Å². The van der Waals surface area contributed by atoms with Gasteiger partial charge >= 0.3 is 6.03 Å². The van der Waals surface area contributed by atoms with Crippen LogP contribution in [0.2, 0.25) is 0 Å². The Labute approximate surface area is 224 Å². The Bertz CT molecular complexity index is 1270. The van der Waals surface area contributed by atoms with Crippen LogP contribution in [0, 0.1) is 0 Å². The van der Waals surface area contributed by atoms with Crippen molar-refractivity contribution in [1.29, 1.82) is 0 Å². The van der Waals surface area contributed by atoms with E-state index in [1.807, 2.05) is 31.2 Å². The summed E-state index contributed by atoms with van der Waals surface area (Å²) < 4.78 is 31.4. The SMILES string of the molecule is CCNC(=O)Nc1ccc(-c2nc3c(c(N4CCOC[C@@H]4C)n2)CCN(C2CCN(S(C)(=O)=O)C2)C3)cc1. The molecular weight excluding hydrogens is 506 g/mol. The number of benzene rings is 1. The lowest BCUT2D eigenvalue weighted by atomic mass is 10.0. The first kappa shape index (κ1) is 26.8. The monoisotopic (exact) mass is 543 g/mol. The molecule has 2 atom stereocenters. The molecule has 2 aromatic rings. The molecule has 38 heavy (non-hydrogen) atoms. The second-order valence-electron chi connectivity index (χ2n) is 10.3. The van der Waals surface area contributed by atoms with Gasteiger partial charge in [0.15, 0.2) is 5.82 Å². The highest BCUT2D eigenvalue weighted by Gasteiger charge is 2.36. The van der Waals surface area contributed by atoms with E-state index in [1.54, 1.807) is 4.31 Å². The highest BCUT2D eigenvalue weighted by Crippen LogP contribution is 2.33. The Morgan fingerprint density at radius 2 is 1.95 bits per heavy atom. The molecule has 0 bridgehead atoms. The molecule has 0 aliphatic carbocycles. The highest BCUT2D eigenvalue weighted by atomic mass is 32.2. The Balaban J connectivity index is 1.44. The van der Waals surface area contributed by atoms with Crippen LogP contribution in [0.15, 0.2) is 24.3 Å². The quantitative estimate of drug-likeness (QED) is 0.567. The summed E-state index contributed by atoms with van der Waals surface area (Å²) in [4.78, 5) is 26.7. The third-order valence-electron chi connectivity index (χ3n) is 7.56. The number of sulfonamides is 1. The van der Waals surface area contributed by atoms with E-state index >= 15 is 0 Å². The number of nitrogens with one attached hydrogen (secondary N) is 2. The summed E-state index contributed by atoms with van der Waals surface area (Å²) in [5, 5.41) is 5.55. The topological polar surface area (TPSA) is 120 Å². The van der Waals surface area contributed by atoms with Gasteiger partial charge in [-0.15, -0.1) is 0 Å². The third kappa shape index (κ3) is 5.78. The lowest BCUT2D eigenvalue weighted by Gasteiger charge is -2.39. The van der Waals surface area contributed by atoms with E-state index in [1.165, 1.54) is 11.8 Å². The molecule has 0 spiro atoms. The van der Waals surface area contributed by atoms with Crippen LogP contribution in [-0.4, -0.2) is 97.9 Å². The van der Waals surface area contributed by atoms with Gasteiger partial charge in [0.25, 0.3) is 0 Å². The first-order valence-corrected chi connectivity index (χ1v) is 15.2. The van der Waals surface area contributed by atoms with E-state index in [4.69, 9.17) is 14.7 Å². The van der Waals surface area contributed by atoms with Gasteiger partial charge in [0.05, 0.1) is 31.2 Å². The van der Waals surface area contributed by atoms with Gasteiger partial charge in [0.1, 0.15) is 5.82 Å². The van der Waals surface area contributed by atoms with Crippen molar-refractivity contribution in [3.8, 4) is 11.4 Å². The molecule has 1 aromatic heterocycles. The van der Waals surface area contributed by atoms with Crippen LogP contribution in [0.5, 0.6) is 0 Å². The Hall–Kier alpha value is -2.80. The molecule has 11 nitrogen and oxygen atoms in total. The van der Waals surface area contributed by atoms with E-state index in [-0.39, 0.29) is 18.1 Å². The fraction of sp³-hybridized carbons (Fsp3) is 0.577. The fourth-order valence-electron chi connectivity index (χ4n) is 5.50. The highest BCUT2D eigenvalue weighted by molar-refractivity contribution is 7.88. The maximum atomic E-state index is 12.1. The number of nitrogens with zero attached hydrogens (tertiary/aromatic N) is 5. The molecule has 206 valence electrons. The van der Waals surface area contributed by atoms with Crippen molar-refractivity contribution in [3.05, 3.63) is 35.5 Å². The predicted octanol–water partition coefficient (Wildman–Crippen LogP) is 1.90. The smallest absolute Gasteiger partial charge is 0.319 e. The predicted molar refractivity (Wildman–Crippen MR) is 147 cm³/mol. The standard InChI is InChI=1S/C26H37N7O4S/c1-4-27-26(34)28-20-7-5-19(6-8-20)24-29-23-16-31(21-9-12-32(15-21)38(3,35)36)11-10-22(23)25(30-24)33-13-14-37-17-18(33)2/h5-8,18,21H,4,9-17H2,1-3H3,(H2,27,28,34)/t18-,21?/m0/s1. The first-order valence-electron chi connectivity index (χ1n) is 13.3.